The molecule has 7 heteroatoms. The topological polar surface area (TPSA) is 65.2 Å². The zero-order valence-electron chi connectivity index (χ0n) is 15.5. The molecule has 2 aliphatic rings. The monoisotopic (exact) mass is 357 g/mol. The van der Waals surface area contributed by atoms with Crippen LogP contribution in [-0.2, 0) is 23.1 Å². The Morgan fingerprint density at radius 2 is 2.08 bits per heavy atom. The van der Waals surface area contributed by atoms with E-state index in [1.165, 1.54) is 5.69 Å². The minimum Gasteiger partial charge on any atom is -0.369 e. The zero-order valence-corrected chi connectivity index (χ0v) is 15.5. The minimum absolute atomic E-state index is 0.115. The lowest BCUT2D eigenvalue weighted by Crippen LogP contribution is -2.42. The number of hydrogen-bond acceptors (Lipinski definition) is 4. The van der Waals surface area contributed by atoms with E-state index in [4.69, 9.17) is 4.74 Å². The van der Waals surface area contributed by atoms with Gasteiger partial charge >= 0.3 is 0 Å². The number of rotatable bonds is 4. The molecular weight excluding hydrogens is 330 g/mol. The van der Waals surface area contributed by atoms with E-state index in [-0.39, 0.29) is 17.9 Å². The lowest BCUT2D eigenvalue weighted by molar-refractivity contribution is -0.138. The molecule has 7 nitrogen and oxygen atoms in total. The highest BCUT2D eigenvalue weighted by atomic mass is 16.5. The van der Waals surface area contributed by atoms with Gasteiger partial charge in [0, 0.05) is 63.5 Å². The van der Waals surface area contributed by atoms with Gasteiger partial charge in [-0.1, -0.05) is 0 Å². The third-order valence-electron chi connectivity index (χ3n) is 5.84. The summed E-state index contributed by atoms with van der Waals surface area (Å²) in [5.74, 6) is 1.48. The standard InChI is InChI=1S/C19H27N5O2/c1-3-23-12-9-20-18(23)17-15(7-13-26-17)19(25)24-10-5-14(6-11-24)16-4-8-21-22(16)2/h4,8-9,12,14-15,17H,3,5-7,10-11,13H2,1-2H3/t15-,17-/m1/s1. The van der Waals surface area contributed by atoms with E-state index in [0.29, 0.717) is 12.5 Å². The number of aryl methyl sites for hydroxylation is 2. The molecule has 4 rings (SSSR count). The molecule has 1 amide bonds. The van der Waals surface area contributed by atoms with Crippen molar-refractivity contribution in [2.24, 2.45) is 13.0 Å². The highest BCUT2D eigenvalue weighted by molar-refractivity contribution is 5.80. The van der Waals surface area contributed by atoms with Crippen LogP contribution in [0.1, 0.15) is 49.7 Å². The first kappa shape index (κ1) is 17.3. The van der Waals surface area contributed by atoms with Crippen molar-refractivity contribution in [2.45, 2.75) is 44.8 Å². The van der Waals surface area contributed by atoms with Crippen LogP contribution in [0.5, 0.6) is 0 Å². The molecule has 2 fully saturated rings. The van der Waals surface area contributed by atoms with E-state index in [0.717, 1.165) is 44.7 Å². The molecule has 0 spiro atoms. The maximum atomic E-state index is 13.2. The van der Waals surface area contributed by atoms with Gasteiger partial charge in [0.1, 0.15) is 11.9 Å². The van der Waals surface area contributed by atoms with E-state index in [2.05, 4.69) is 27.6 Å². The number of aromatic nitrogens is 4. The van der Waals surface area contributed by atoms with Gasteiger partial charge in [-0.2, -0.15) is 5.10 Å². The van der Waals surface area contributed by atoms with E-state index < -0.39 is 0 Å². The maximum absolute atomic E-state index is 13.2. The van der Waals surface area contributed by atoms with Crippen molar-refractivity contribution in [1.82, 2.24) is 24.2 Å². The SMILES string of the molecule is CCn1ccnc1[C@@H]1OCC[C@H]1C(=O)N1CCC(c2ccnn2C)CC1. The first-order chi connectivity index (χ1) is 12.7. The van der Waals surface area contributed by atoms with Crippen molar-refractivity contribution < 1.29 is 9.53 Å². The number of carbonyl (C=O) groups excluding carboxylic acids is 1. The van der Waals surface area contributed by atoms with Crippen LogP contribution in [-0.4, -0.2) is 49.8 Å². The molecule has 4 heterocycles. The van der Waals surface area contributed by atoms with Crippen molar-refractivity contribution in [3.05, 3.63) is 36.2 Å². The Hall–Kier alpha value is -2.15. The van der Waals surface area contributed by atoms with E-state index >= 15 is 0 Å². The summed E-state index contributed by atoms with van der Waals surface area (Å²) < 4.78 is 9.94. The lowest BCUT2D eigenvalue weighted by atomic mass is 9.91. The Bertz CT molecular complexity index is 760. The highest BCUT2D eigenvalue weighted by Crippen LogP contribution is 2.36. The van der Waals surface area contributed by atoms with Crippen LogP contribution in [0.25, 0.3) is 0 Å². The highest BCUT2D eigenvalue weighted by Gasteiger charge is 2.40. The van der Waals surface area contributed by atoms with Gasteiger partial charge in [0.05, 0.1) is 5.92 Å². The van der Waals surface area contributed by atoms with Crippen molar-refractivity contribution in [3.8, 4) is 0 Å². The van der Waals surface area contributed by atoms with Gasteiger partial charge < -0.3 is 14.2 Å². The van der Waals surface area contributed by atoms with Crippen molar-refractivity contribution >= 4 is 5.91 Å². The average Bonchev–Trinajstić information content (AvgIpc) is 3.40. The van der Waals surface area contributed by atoms with Gasteiger partial charge in [-0.25, -0.2) is 4.98 Å². The molecule has 0 bridgehead atoms. The Kier molecular flexibility index (Phi) is 4.80. The molecule has 0 aromatic carbocycles. The van der Waals surface area contributed by atoms with Crippen LogP contribution in [0.15, 0.2) is 24.7 Å². The number of carbonyl (C=O) groups is 1. The summed E-state index contributed by atoms with van der Waals surface area (Å²) in [6.07, 6.45) is 8.15. The second-order valence-corrected chi connectivity index (χ2v) is 7.24. The summed E-state index contributed by atoms with van der Waals surface area (Å²) in [5.41, 5.74) is 1.27. The molecule has 2 aliphatic heterocycles. The Morgan fingerprint density at radius 3 is 2.77 bits per heavy atom. The molecule has 0 aliphatic carbocycles. The molecule has 2 saturated heterocycles. The number of piperidine rings is 1. The fraction of sp³-hybridized carbons (Fsp3) is 0.632. The first-order valence-electron chi connectivity index (χ1n) is 9.58. The maximum Gasteiger partial charge on any atom is 0.228 e. The summed E-state index contributed by atoms with van der Waals surface area (Å²) in [6, 6.07) is 2.09. The summed E-state index contributed by atoms with van der Waals surface area (Å²) in [7, 11) is 1.99. The van der Waals surface area contributed by atoms with E-state index in [9.17, 15) is 4.79 Å². The summed E-state index contributed by atoms with van der Waals surface area (Å²) in [4.78, 5) is 19.6. The Balaban J connectivity index is 1.42. The first-order valence-corrected chi connectivity index (χ1v) is 9.58. The van der Waals surface area contributed by atoms with Crippen molar-refractivity contribution in [2.75, 3.05) is 19.7 Å². The number of imidazole rings is 1. The second kappa shape index (κ2) is 7.23. The fourth-order valence-electron chi connectivity index (χ4n) is 4.36. The van der Waals surface area contributed by atoms with Gasteiger partial charge in [0.25, 0.3) is 0 Å². The van der Waals surface area contributed by atoms with Crippen LogP contribution in [0.4, 0.5) is 0 Å². The molecule has 0 radical (unpaired) electrons. The molecule has 0 unspecified atom stereocenters. The molecule has 0 saturated carbocycles. The van der Waals surface area contributed by atoms with Crippen LogP contribution in [0.3, 0.4) is 0 Å². The van der Waals surface area contributed by atoms with Crippen molar-refractivity contribution in [3.63, 3.8) is 0 Å². The third kappa shape index (κ3) is 3.05. The average molecular weight is 357 g/mol. The molecule has 0 N–H and O–H groups in total. The molecule has 140 valence electrons. The lowest BCUT2D eigenvalue weighted by Gasteiger charge is -2.34. The summed E-state index contributed by atoms with van der Waals surface area (Å²) >= 11 is 0. The normalized spacial score (nSPS) is 24.3. The number of likely N-dealkylation sites (tertiary alicyclic amines) is 1. The van der Waals surface area contributed by atoms with Crippen LogP contribution in [0, 0.1) is 5.92 Å². The van der Waals surface area contributed by atoms with Crippen LogP contribution < -0.4 is 0 Å². The summed E-state index contributed by atoms with van der Waals surface area (Å²) in [5, 5.41) is 4.27. The Morgan fingerprint density at radius 1 is 1.27 bits per heavy atom. The van der Waals surface area contributed by atoms with E-state index in [1.54, 1.807) is 6.20 Å². The third-order valence-corrected chi connectivity index (χ3v) is 5.84. The van der Waals surface area contributed by atoms with Crippen LogP contribution in [0.2, 0.25) is 0 Å². The van der Waals surface area contributed by atoms with Gasteiger partial charge in [-0.3, -0.25) is 9.48 Å². The molecule has 2 aromatic heterocycles. The largest absolute Gasteiger partial charge is 0.369 e. The quantitative estimate of drug-likeness (QED) is 0.841. The number of nitrogens with zero attached hydrogens (tertiary/aromatic N) is 5. The van der Waals surface area contributed by atoms with Crippen molar-refractivity contribution in [1.29, 1.82) is 0 Å². The molecule has 2 atom stereocenters. The second-order valence-electron chi connectivity index (χ2n) is 7.24. The molecule has 2 aromatic rings. The number of amides is 1. The number of hydrogen-bond donors (Lipinski definition) is 0. The molecule has 26 heavy (non-hydrogen) atoms. The molecular formula is C19H27N5O2. The van der Waals surface area contributed by atoms with Gasteiger partial charge in [-0.05, 0) is 32.3 Å². The Labute approximate surface area is 154 Å². The van der Waals surface area contributed by atoms with Gasteiger partial charge in [0.15, 0.2) is 0 Å². The summed E-state index contributed by atoms with van der Waals surface area (Å²) in [6.45, 7) is 5.16. The predicted octanol–water partition coefficient (Wildman–Crippen LogP) is 2.12. The smallest absolute Gasteiger partial charge is 0.228 e. The van der Waals surface area contributed by atoms with Crippen LogP contribution >= 0.6 is 0 Å². The minimum atomic E-state index is -0.216. The van der Waals surface area contributed by atoms with E-state index in [1.807, 2.05) is 29.0 Å². The van der Waals surface area contributed by atoms with Gasteiger partial charge in [0.2, 0.25) is 5.91 Å². The number of ether oxygens (including phenoxy) is 1. The fourth-order valence-corrected chi connectivity index (χ4v) is 4.36. The van der Waals surface area contributed by atoms with Gasteiger partial charge in [-0.15, -0.1) is 0 Å². The zero-order chi connectivity index (χ0) is 18.1. The predicted molar refractivity (Wildman–Crippen MR) is 96.5 cm³/mol.